The van der Waals surface area contributed by atoms with E-state index in [1.54, 1.807) is 36.7 Å². The van der Waals surface area contributed by atoms with Crippen molar-refractivity contribution in [1.82, 2.24) is 15.0 Å². The number of aromatic nitrogens is 3. The highest BCUT2D eigenvalue weighted by atomic mass is 16.5. The maximum Gasteiger partial charge on any atom is 0.254 e. The molecule has 2 aromatic heterocycles. The highest BCUT2D eigenvalue weighted by Crippen LogP contribution is 2.57. The van der Waals surface area contributed by atoms with Crippen molar-refractivity contribution in [2.24, 2.45) is 11.1 Å². The zero-order valence-corrected chi connectivity index (χ0v) is 17.4. The van der Waals surface area contributed by atoms with E-state index in [-0.39, 0.29) is 11.5 Å². The van der Waals surface area contributed by atoms with E-state index in [2.05, 4.69) is 26.3 Å². The number of anilines is 1. The maximum absolute atomic E-state index is 11.5. The third-order valence-electron chi connectivity index (χ3n) is 6.25. The smallest absolute Gasteiger partial charge is 0.254 e. The van der Waals surface area contributed by atoms with Crippen LogP contribution in [0.15, 0.2) is 54.9 Å². The second-order valence-corrected chi connectivity index (χ2v) is 8.58. The fourth-order valence-corrected chi connectivity index (χ4v) is 4.76. The number of carbonyl (C=O) groups is 1. The number of rotatable bonds is 6. The molecule has 1 aromatic carbocycles. The number of benzene rings is 1. The lowest BCUT2D eigenvalue weighted by Crippen LogP contribution is -2.56. The molecule has 160 valence electrons. The van der Waals surface area contributed by atoms with Gasteiger partial charge in [0.25, 0.3) is 5.91 Å². The largest absolute Gasteiger partial charge is 0.474 e. The lowest BCUT2D eigenvalue weighted by atomic mass is 9.53. The molecule has 0 bridgehead atoms. The molecule has 0 radical (unpaired) electrons. The fraction of sp³-hybridized carbons (Fsp3) is 0.292. The van der Waals surface area contributed by atoms with Crippen molar-refractivity contribution in [2.45, 2.75) is 37.8 Å². The summed E-state index contributed by atoms with van der Waals surface area (Å²) in [6.45, 7) is 0. The third kappa shape index (κ3) is 3.85. The molecule has 2 heterocycles. The Kier molecular flexibility index (Phi) is 4.94. The van der Waals surface area contributed by atoms with Crippen molar-refractivity contribution in [2.75, 3.05) is 5.32 Å². The quantitative estimate of drug-likeness (QED) is 0.619. The van der Waals surface area contributed by atoms with Gasteiger partial charge in [-0.15, -0.1) is 0 Å². The molecule has 2 aliphatic rings. The van der Waals surface area contributed by atoms with Gasteiger partial charge in [0.15, 0.2) is 5.82 Å². The molecule has 2 fully saturated rings. The number of carbonyl (C=O) groups excluding carboxylic acids is 1. The number of amides is 1. The van der Waals surface area contributed by atoms with Crippen LogP contribution in [-0.4, -0.2) is 33.0 Å². The summed E-state index contributed by atoms with van der Waals surface area (Å²) >= 11 is 0. The second-order valence-electron chi connectivity index (χ2n) is 8.58. The van der Waals surface area contributed by atoms with Crippen LogP contribution in [0.25, 0.3) is 11.4 Å². The molecule has 3 N–H and O–H groups in total. The van der Waals surface area contributed by atoms with Gasteiger partial charge in [-0.05, 0) is 61.4 Å². The van der Waals surface area contributed by atoms with E-state index in [9.17, 15) is 4.79 Å². The summed E-state index contributed by atoms with van der Waals surface area (Å²) in [5.41, 5.74) is 7.41. The molecule has 3 aromatic rings. The highest BCUT2D eigenvalue weighted by Gasteiger charge is 2.54. The summed E-state index contributed by atoms with van der Waals surface area (Å²) in [4.78, 5) is 24.7. The van der Waals surface area contributed by atoms with E-state index in [4.69, 9.17) is 15.7 Å². The number of nitriles is 1. The molecule has 0 unspecified atom stereocenters. The van der Waals surface area contributed by atoms with Crippen LogP contribution >= 0.6 is 0 Å². The molecule has 2 aliphatic carbocycles. The highest BCUT2D eigenvalue weighted by molar-refractivity contribution is 5.94. The Hall–Kier alpha value is -3.99. The van der Waals surface area contributed by atoms with Crippen LogP contribution in [-0.2, 0) is 0 Å². The summed E-state index contributed by atoms with van der Waals surface area (Å²) < 4.78 is 5.94. The number of hydrogen-bond donors (Lipinski definition) is 2. The molecule has 0 saturated heterocycles. The lowest BCUT2D eigenvalue weighted by molar-refractivity contribution is -0.0759. The van der Waals surface area contributed by atoms with Crippen molar-refractivity contribution in [3.63, 3.8) is 0 Å². The van der Waals surface area contributed by atoms with E-state index in [1.807, 2.05) is 18.2 Å². The van der Waals surface area contributed by atoms with E-state index < -0.39 is 5.91 Å². The summed E-state index contributed by atoms with van der Waals surface area (Å²) in [5.74, 6) is 1.17. The summed E-state index contributed by atoms with van der Waals surface area (Å²) in [7, 11) is 0. The van der Waals surface area contributed by atoms with Crippen LogP contribution in [0.5, 0.6) is 5.88 Å². The van der Waals surface area contributed by atoms with Gasteiger partial charge in [0, 0.05) is 24.0 Å². The van der Waals surface area contributed by atoms with Crippen molar-refractivity contribution >= 4 is 11.7 Å². The first-order valence-corrected chi connectivity index (χ1v) is 10.6. The van der Waals surface area contributed by atoms with Crippen LogP contribution < -0.4 is 15.8 Å². The molecule has 1 amide bonds. The molecular weight excluding hydrogens is 404 g/mol. The maximum atomic E-state index is 11.5. The van der Waals surface area contributed by atoms with Gasteiger partial charge >= 0.3 is 0 Å². The van der Waals surface area contributed by atoms with E-state index >= 15 is 0 Å². The second kappa shape index (κ2) is 7.93. The Morgan fingerprint density at radius 3 is 2.75 bits per heavy atom. The van der Waals surface area contributed by atoms with Gasteiger partial charge in [-0.2, -0.15) is 5.26 Å². The molecule has 1 spiro atoms. The lowest BCUT2D eigenvalue weighted by Gasteiger charge is -2.57. The Morgan fingerprint density at radius 2 is 1.97 bits per heavy atom. The minimum atomic E-state index is -0.529. The SMILES string of the molecule is N#Cc1cccc(-c2nccc(NC3CC4(C3)CC(Oc3ncccc3C(N)=O)C4)n2)c1. The zero-order chi connectivity index (χ0) is 22.1. The molecule has 32 heavy (non-hydrogen) atoms. The number of pyridine rings is 1. The summed E-state index contributed by atoms with van der Waals surface area (Å²) in [5, 5.41) is 12.6. The van der Waals surface area contributed by atoms with Crippen molar-refractivity contribution in [1.29, 1.82) is 5.26 Å². The first kappa shape index (κ1) is 19.9. The molecule has 2 saturated carbocycles. The monoisotopic (exact) mass is 426 g/mol. The number of ether oxygens (including phenoxy) is 1. The van der Waals surface area contributed by atoms with E-state index in [0.29, 0.717) is 28.9 Å². The molecule has 8 nitrogen and oxygen atoms in total. The molecule has 0 aliphatic heterocycles. The first-order chi connectivity index (χ1) is 15.5. The Morgan fingerprint density at radius 1 is 1.12 bits per heavy atom. The predicted octanol–water partition coefficient (Wildman–Crippen LogP) is 3.31. The van der Waals surface area contributed by atoms with Crippen LogP contribution in [0.3, 0.4) is 0 Å². The molecule has 5 rings (SSSR count). The molecular formula is C24H22N6O2. The number of primary amides is 1. The van der Waals surface area contributed by atoms with Crippen LogP contribution in [0.1, 0.15) is 41.6 Å². The molecule has 0 atom stereocenters. The van der Waals surface area contributed by atoms with Gasteiger partial charge in [0.1, 0.15) is 17.5 Å². The van der Waals surface area contributed by atoms with Gasteiger partial charge in [0.2, 0.25) is 5.88 Å². The molecule has 8 heteroatoms. The summed E-state index contributed by atoms with van der Waals surface area (Å²) in [6, 6.07) is 14.9. The number of nitrogens with zero attached hydrogens (tertiary/aromatic N) is 4. The van der Waals surface area contributed by atoms with Crippen LogP contribution in [0.4, 0.5) is 5.82 Å². The number of nitrogens with one attached hydrogen (secondary N) is 1. The van der Waals surface area contributed by atoms with Crippen molar-refractivity contribution in [3.8, 4) is 23.3 Å². The van der Waals surface area contributed by atoms with Gasteiger partial charge in [0.05, 0.1) is 11.6 Å². The standard InChI is InChI=1S/C24H22N6O2/c25-14-15-3-1-4-16(9-15)22-27-8-6-20(30-22)29-17-10-24(11-17)12-18(13-24)32-23-19(21(26)31)5-2-7-28-23/h1-9,17-18H,10-13H2,(H2,26,31)(H,27,29,30). The van der Waals surface area contributed by atoms with Crippen LogP contribution in [0.2, 0.25) is 0 Å². The van der Waals surface area contributed by atoms with Crippen LogP contribution in [0, 0.1) is 16.7 Å². The summed E-state index contributed by atoms with van der Waals surface area (Å²) in [6.07, 6.45) is 7.36. The van der Waals surface area contributed by atoms with Crippen molar-refractivity contribution < 1.29 is 9.53 Å². The number of nitrogens with two attached hydrogens (primary N) is 1. The average molecular weight is 426 g/mol. The minimum Gasteiger partial charge on any atom is -0.474 e. The zero-order valence-electron chi connectivity index (χ0n) is 17.4. The van der Waals surface area contributed by atoms with Gasteiger partial charge in [-0.25, -0.2) is 15.0 Å². The Balaban J connectivity index is 1.16. The predicted molar refractivity (Wildman–Crippen MR) is 118 cm³/mol. The number of hydrogen-bond acceptors (Lipinski definition) is 7. The van der Waals surface area contributed by atoms with E-state index in [0.717, 1.165) is 37.1 Å². The topological polar surface area (TPSA) is 127 Å². The van der Waals surface area contributed by atoms with Gasteiger partial charge in [-0.3, -0.25) is 4.79 Å². The van der Waals surface area contributed by atoms with Crippen molar-refractivity contribution in [3.05, 3.63) is 66.0 Å². The fourth-order valence-electron chi connectivity index (χ4n) is 4.76. The Bertz CT molecular complexity index is 1210. The van der Waals surface area contributed by atoms with Gasteiger partial charge in [-0.1, -0.05) is 12.1 Å². The third-order valence-corrected chi connectivity index (χ3v) is 6.25. The van der Waals surface area contributed by atoms with E-state index in [1.165, 1.54) is 0 Å². The average Bonchev–Trinajstić information content (AvgIpc) is 2.76. The van der Waals surface area contributed by atoms with Gasteiger partial charge < -0.3 is 15.8 Å². The normalized spacial score (nSPS) is 23.5. The Labute approximate surface area is 185 Å². The minimum absolute atomic E-state index is 0.0574. The first-order valence-electron chi connectivity index (χ1n) is 10.6.